The van der Waals surface area contributed by atoms with Crippen molar-refractivity contribution in [3.05, 3.63) is 24.3 Å². The minimum Gasteiger partial charge on any atom is -0.434 e. The minimum atomic E-state index is -1.48. The van der Waals surface area contributed by atoms with Crippen LogP contribution in [0.25, 0.3) is 0 Å². The predicted molar refractivity (Wildman–Crippen MR) is 111 cm³/mol. The van der Waals surface area contributed by atoms with Crippen LogP contribution in [0, 0.1) is 0 Å². The van der Waals surface area contributed by atoms with Crippen LogP contribution in [0.5, 0.6) is 0 Å². The third-order valence-corrected chi connectivity index (χ3v) is 4.48. The van der Waals surface area contributed by atoms with Gasteiger partial charge in [-0.1, -0.05) is 63.3 Å². The lowest BCUT2D eigenvalue weighted by molar-refractivity contribution is -0.181. The molecule has 27 heavy (non-hydrogen) atoms. The fourth-order valence-corrected chi connectivity index (χ4v) is 2.48. The summed E-state index contributed by atoms with van der Waals surface area (Å²) in [5.74, 6) is -0.474. The molecule has 0 fully saturated rings. The number of hydrogen-bond acceptors (Lipinski definition) is 5. The molecule has 0 heterocycles. The van der Waals surface area contributed by atoms with Crippen LogP contribution in [0.15, 0.2) is 24.3 Å². The van der Waals surface area contributed by atoms with Gasteiger partial charge in [0.1, 0.15) is 0 Å². The van der Waals surface area contributed by atoms with E-state index in [9.17, 15) is 9.90 Å². The molecule has 0 spiro atoms. The van der Waals surface area contributed by atoms with Crippen molar-refractivity contribution < 1.29 is 19.7 Å². The Bertz CT molecular complexity index is 419. The summed E-state index contributed by atoms with van der Waals surface area (Å²) in [7, 11) is 0. The summed E-state index contributed by atoms with van der Waals surface area (Å²) in [6.07, 6.45) is 20.1. The Labute approximate surface area is 165 Å². The van der Waals surface area contributed by atoms with Crippen LogP contribution in [0.4, 0.5) is 0 Å². The van der Waals surface area contributed by atoms with Crippen molar-refractivity contribution in [2.24, 2.45) is 5.73 Å². The topological polar surface area (TPSA) is 92.8 Å². The molecule has 0 saturated heterocycles. The van der Waals surface area contributed by atoms with E-state index in [0.29, 0.717) is 0 Å². The monoisotopic (exact) mass is 383 g/mol. The second-order valence-electron chi connectivity index (χ2n) is 7.49. The van der Waals surface area contributed by atoms with E-state index in [4.69, 9.17) is 15.6 Å². The molecule has 2 unspecified atom stereocenters. The van der Waals surface area contributed by atoms with E-state index in [-0.39, 0.29) is 6.42 Å². The number of nitrogens with two attached hydrogens (primary N) is 1. The quantitative estimate of drug-likeness (QED) is 0.150. The van der Waals surface area contributed by atoms with Crippen molar-refractivity contribution in [2.75, 3.05) is 6.61 Å². The van der Waals surface area contributed by atoms with Gasteiger partial charge in [0.15, 0.2) is 0 Å². The van der Waals surface area contributed by atoms with E-state index in [1.165, 1.54) is 39.0 Å². The smallest absolute Gasteiger partial charge is 0.308 e. The van der Waals surface area contributed by atoms with Gasteiger partial charge in [0, 0.05) is 6.42 Å². The maximum Gasteiger partial charge on any atom is 0.308 e. The van der Waals surface area contributed by atoms with Gasteiger partial charge in [0.25, 0.3) is 0 Å². The molecule has 0 radical (unpaired) electrons. The molecular weight excluding hydrogens is 342 g/mol. The number of carbonyl (C=O) groups is 1. The van der Waals surface area contributed by atoms with Gasteiger partial charge in [-0.25, -0.2) is 0 Å². The van der Waals surface area contributed by atoms with Gasteiger partial charge in [-0.3, -0.25) is 4.79 Å². The van der Waals surface area contributed by atoms with Crippen molar-refractivity contribution in [1.29, 1.82) is 0 Å². The summed E-state index contributed by atoms with van der Waals surface area (Å²) in [6, 6.07) is 0. The number of allylic oxidation sites excluding steroid dienone is 4. The Morgan fingerprint density at radius 2 is 1.56 bits per heavy atom. The number of aliphatic hydroxyl groups is 2. The number of aliphatic hydroxyl groups excluding tert-OH is 2. The van der Waals surface area contributed by atoms with E-state index in [2.05, 4.69) is 31.2 Å². The van der Waals surface area contributed by atoms with Gasteiger partial charge >= 0.3 is 5.97 Å². The summed E-state index contributed by atoms with van der Waals surface area (Å²) < 4.78 is 4.84. The third kappa shape index (κ3) is 15.6. The van der Waals surface area contributed by atoms with Crippen molar-refractivity contribution in [1.82, 2.24) is 0 Å². The van der Waals surface area contributed by atoms with Gasteiger partial charge in [0.05, 0.1) is 12.1 Å². The van der Waals surface area contributed by atoms with Gasteiger partial charge in [0.2, 0.25) is 6.29 Å². The number of carbonyl (C=O) groups excluding carboxylic acids is 1. The van der Waals surface area contributed by atoms with E-state index in [0.717, 1.165) is 38.5 Å². The molecule has 0 aromatic heterocycles. The number of rotatable bonds is 17. The molecule has 0 saturated carbocycles. The molecule has 5 nitrogen and oxygen atoms in total. The van der Waals surface area contributed by atoms with Crippen LogP contribution < -0.4 is 5.73 Å². The molecule has 0 bridgehead atoms. The van der Waals surface area contributed by atoms with Crippen molar-refractivity contribution >= 4 is 5.97 Å². The summed E-state index contributed by atoms with van der Waals surface area (Å²) >= 11 is 0. The zero-order valence-corrected chi connectivity index (χ0v) is 17.4. The Hall–Kier alpha value is -1.17. The largest absolute Gasteiger partial charge is 0.434 e. The fraction of sp³-hybridized carbons (Fsp3) is 0.773. The number of esters is 1. The summed E-state index contributed by atoms with van der Waals surface area (Å²) in [6.45, 7) is 3.21. The molecule has 5 heteroatoms. The Kier molecular flexibility index (Phi) is 16.2. The van der Waals surface area contributed by atoms with Crippen molar-refractivity contribution in [3.63, 3.8) is 0 Å². The molecule has 2 atom stereocenters. The predicted octanol–water partition coefficient (Wildman–Crippen LogP) is 4.37. The molecule has 0 aliphatic heterocycles. The molecule has 0 aromatic rings. The lowest BCUT2D eigenvalue weighted by Gasteiger charge is -2.27. The second-order valence-corrected chi connectivity index (χ2v) is 7.49. The van der Waals surface area contributed by atoms with Crippen LogP contribution in [-0.2, 0) is 9.53 Å². The van der Waals surface area contributed by atoms with Crippen LogP contribution in [0.3, 0.4) is 0 Å². The van der Waals surface area contributed by atoms with Gasteiger partial charge in [-0.2, -0.15) is 0 Å². The highest BCUT2D eigenvalue weighted by Gasteiger charge is 2.30. The normalized spacial score (nSPS) is 15.3. The summed E-state index contributed by atoms with van der Waals surface area (Å²) in [4.78, 5) is 11.6. The number of unbranched alkanes of at least 4 members (excludes halogenated alkanes) is 8. The van der Waals surface area contributed by atoms with Crippen molar-refractivity contribution in [2.45, 2.75) is 103 Å². The number of hydrogen-bond donors (Lipinski definition) is 3. The van der Waals surface area contributed by atoms with Crippen LogP contribution >= 0.6 is 0 Å². The van der Waals surface area contributed by atoms with Gasteiger partial charge in [-0.15, -0.1) is 0 Å². The molecule has 158 valence electrons. The molecule has 0 aromatic carbocycles. The highest BCUT2D eigenvalue weighted by Crippen LogP contribution is 2.11. The molecule has 0 rings (SSSR count). The Balaban J connectivity index is 3.49. The highest BCUT2D eigenvalue weighted by atomic mass is 16.6. The first kappa shape index (κ1) is 25.8. The third-order valence-electron chi connectivity index (χ3n) is 4.48. The SMILES string of the molecule is CCCCC/C=C\C/C=C\CCCCCCCC(=O)OC(O)C(C)(N)CO. The number of ether oxygens (including phenoxy) is 1. The van der Waals surface area contributed by atoms with Crippen LogP contribution in [0.2, 0.25) is 0 Å². The fourth-order valence-electron chi connectivity index (χ4n) is 2.48. The summed E-state index contributed by atoms with van der Waals surface area (Å²) in [5, 5.41) is 18.6. The van der Waals surface area contributed by atoms with Gasteiger partial charge < -0.3 is 20.7 Å². The van der Waals surface area contributed by atoms with E-state index in [1.807, 2.05) is 0 Å². The summed E-state index contributed by atoms with van der Waals surface area (Å²) in [5.41, 5.74) is 4.28. The Morgan fingerprint density at radius 1 is 1.00 bits per heavy atom. The Morgan fingerprint density at radius 3 is 2.15 bits per heavy atom. The standard InChI is InChI=1S/C22H41NO4/c1-3-4-5-6-7-8-9-10-11-12-13-14-15-16-17-18-20(25)27-21(26)22(2,23)19-24/h7-8,10-11,21,24,26H,3-6,9,12-19,23H2,1-2H3/b8-7-,11-10-. The van der Waals surface area contributed by atoms with Crippen LogP contribution in [0.1, 0.15) is 90.9 Å². The zero-order valence-electron chi connectivity index (χ0n) is 17.4. The van der Waals surface area contributed by atoms with Crippen LogP contribution in [-0.4, -0.2) is 34.6 Å². The van der Waals surface area contributed by atoms with E-state index >= 15 is 0 Å². The molecule has 4 N–H and O–H groups in total. The zero-order chi connectivity index (χ0) is 20.4. The highest BCUT2D eigenvalue weighted by molar-refractivity contribution is 5.69. The molecule has 0 aliphatic rings. The average molecular weight is 384 g/mol. The van der Waals surface area contributed by atoms with E-state index in [1.54, 1.807) is 0 Å². The lowest BCUT2D eigenvalue weighted by atomic mass is 10.1. The lowest BCUT2D eigenvalue weighted by Crippen LogP contribution is -2.53. The maximum atomic E-state index is 11.6. The average Bonchev–Trinajstić information content (AvgIpc) is 2.64. The van der Waals surface area contributed by atoms with Crippen molar-refractivity contribution in [3.8, 4) is 0 Å². The molecule has 0 aliphatic carbocycles. The minimum absolute atomic E-state index is 0.267. The molecule has 0 amide bonds. The first-order valence-corrected chi connectivity index (χ1v) is 10.5. The first-order chi connectivity index (χ1) is 12.9. The first-order valence-electron chi connectivity index (χ1n) is 10.5. The second kappa shape index (κ2) is 17.0. The molecular formula is C22H41NO4. The maximum absolute atomic E-state index is 11.6. The van der Waals surface area contributed by atoms with E-state index < -0.39 is 24.4 Å². The van der Waals surface area contributed by atoms with Gasteiger partial charge in [-0.05, 0) is 45.4 Å².